The molecule has 0 aromatic heterocycles. The van der Waals surface area contributed by atoms with Gasteiger partial charge in [0.25, 0.3) is 0 Å². The minimum absolute atomic E-state index is 0.166. The van der Waals surface area contributed by atoms with Crippen molar-refractivity contribution in [2.45, 2.75) is 45.1 Å². The van der Waals surface area contributed by atoms with Gasteiger partial charge in [-0.05, 0) is 55.8 Å². The van der Waals surface area contributed by atoms with Gasteiger partial charge in [-0.1, -0.05) is 6.92 Å². The third-order valence-electron chi connectivity index (χ3n) is 6.22. The topological polar surface area (TPSA) is 32.3 Å². The molecule has 1 N–H and O–H groups in total. The van der Waals surface area contributed by atoms with Crippen molar-refractivity contribution in [2.75, 3.05) is 19.6 Å². The van der Waals surface area contributed by atoms with Gasteiger partial charge in [0.05, 0.1) is 0 Å². The summed E-state index contributed by atoms with van der Waals surface area (Å²) in [6, 6.07) is 0.586. The van der Waals surface area contributed by atoms with Crippen molar-refractivity contribution in [1.82, 2.24) is 10.2 Å². The Labute approximate surface area is 116 Å². The zero-order valence-electron chi connectivity index (χ0n) is 12.0. The smallest absolute Gasteiger partial charge is 0.226 e. The highest BCUT2D eigenvalue weighted by molar-refractivity contribution is 5.79. The fourth-order valence-electron chi connectivity index (χ4n) is 5.70. The van der Waals surface area contributed by atoms with Crippen LogP contribution in [0.1, 0.15) is 39.0 Å². The van der Waals surface area contributed by atoms with Crippen LogP contribution < -0.4 is 5.32 Å². The van der Waals surface area contributed by atoms with E-state index in [1.165, 1.54) is 32.1 Å². The van der Waals surface area contributed by atoms with Crippen molar-refractivity contribution in [3.05, 3.63) is 0 Å². The molecule has 1 saturated heterocycles. The molecule has 1 aliphatic heterocycles. The average molecular weight is 262 g/mol. The molecule has 0 radical (unpaired) electrons. The van der Waals surface area contributed by atoms with Crippen molar-refractivity contribution in [2.24, 2.45) is 29.6 Å². The summed E-state index contributed by atoms with van der Waals surface area (Å²) >= 11 is 0. The molecule has 1 atom stereocenters. The molecule has 5 rings (SSSR count). The summed E-state index contributed by atoms with van der Waals surface area (Å²) in [5, 5.41) is 3.42. The lowest BCUT2D eigenvalue weighted by Crippen LogP contribution is -2.58. The Kier molecular flexibility index (Phi) is 2.87. The van der Waals surface area contributed by atoms with Crippen molar-refractivity contribution < 1.29 is 4.79 Å². The molecule has 0 aromatic carbocycles. The molecule has 5 aliphatic rings. The largest absolute Gasteiger partial charge is 0.338 e. The predicted octanol–water partition coefficient (Wildman–Crippen LogP) is 1.88. The summed E-state index contributed by atoms with van der Waals surface area (Å²) in [5.74, 6) is 4.23. The lowest BCUT2D eigenvalue weighted by atomic mass is 9.54. The molecule has 1 heterocycles. The summed E-state index contributed by atoms with van der Waals surface area (Å²) in [7, 11) is 0. The third-order valence-corrected chi connectivity index (χ3v) is 6.22. The molecular weight excluding hydrogens is 236 g/mol. The Hall–Kier alpha value is -0.570. The van der Waals surface area contributed by atoms with Crippen molar-refractivity contribution >= 4 is 5.91 Å². The van der Waals surface area contributed by atoms with E-state index >= 15 is 0 Å². The van der Waals surface area contributed by atoms with E-state index in [0.29, 0.717) is 11.9 Å². The van der Waals surface area contributed by atoms with Crippen molar-refractivity contribution in [3.63, 3.8) is 0 Å². The second-order valence-electron chi connectivity index (χ2n) is 7.56. The molecule has 4 bridgehead atoms. The molecule has 4 aliphatic carbocycles. The second kappa shape index (κ2) is 4.47. The maximum atomic E-state index is 12.7. The molecule has 1 unspecified atom stereocenters. The van der Waals surface area contributed by atoms with Crippen LogP contribution in [0.25, 0.3) is 0 Å². The lowest BCUT2D eigenvalue weighted by molar-refractivity contribution is -0.146. The molecule has 0 spiro atoms. The minimum atomic E-state index is 0.166. The maximum Gasteiger partial charge on any atom is 0.226 e. The molecule has 4 saturated carbocycles. The van der Waals surface area contributed by atoms with Gasteiger partial charge >= 0.3 is 0 Å². The number of nitrogens with one attached hydrogen (secondary N) is 1. The number of rotatable bonds is 1. The fraction of sp³-hybridized carbons (Fsp3) is 0.938. The van der Waals surface area contributed by atoms with E-state index in [2.05, 4.69) is 17.1 Å². The Balaban J connectivity index is 1.59. The normalized spacial score (nSPS) is 49.5. The second-order valence-corrected chi connectivity index (χ2v) is 7.56. The van der Waals surface area contributed by atoms with Gasteiger partial charge in [0.1, 0.15) is 0 Å². The number of nitrogens with zero attached hydrogens (tertiary/aromatic N) is 1. The highest BCUT2D eigenvalue weighted by Crippen LogP contribution is 2.55. The van der Waals surface area contributed by atoms with Crippen LogP contribution in [0.5, 0.6) is 0 Å². The fourth-order valence-corrected chi connectivity index (χ4v) is 5.70. The van der Waals surface area contributed by atoms with E-state index < -0.39 is 0 Å². The number of hydrogen-bond acceptors (Lipinski definition) is 2. The summed E-state index contributed by atoms with van der Waals surface area (Å²) in [5.41, 5.74) is 0. The summed E-state index contributed by atoms with van der Waals surface area (Å²) in [4.78, 5) is 14.9. The van der Waals surface area contributed by atoms with E-state index in [1.54, 1.807) is 0 Å². The Bertz CT molecular complexity index is 353. The van der Waals surface area contributed by atoms with Gasteiger partial charge in [-0.2, -0.15) is 0 Å². The zero-order chi connectivity index (χ0) is 13.0. The molecular formula is C16H26N2O. The molecule has 0 aromatic rings. The van der Waals surface area contributed by atoms with Crippen LogP contribution in [-0.4, -0.2) is 36.5 Å². The molecule has 1 amide bonds. The van der Waals surface area contributed by atoms with E-state index in [-0.39, 0.29) is 5.92 Å². The lowest BCUT2D eigenvalue weighted by Gasteiger charge is -2.57. The summed E-state index contributed by atoms with van der Waals surface area (Å²) < 4.78 is 0. The number of carbonyl (C=O) groups is 1. The van der Waals surface area contributed by atoms with Crippen LogP contribution in [-0.2, 0) is 4.79 Å². The van der Waals surface area contributed by atoms with Gasteiger partial charge < -0.3 is 10.2 Å². The van der Waals surface area contributed by atoms with Crippen LogP contribution >= 0.6 is 0 Å². The average Bonchev–Trinajstić information content (AvgIpc) is 2.53. The maximum absolute atomic E-state index is 12.7. The van der Waals surface area contributed by atoms with Gasteiger partial charge in [0.15, 0.2) is 0 Å². The summed E-state index contributed by atoms with van der Waals surface area (Å²) in [6.45, 7) is 4.88. The quantitative estimate of drug-likeness (QED) is 0.782. The standard InChI is InChI=1S/C16H26N2O/c1-10-9-17-2-3-18(16(10)19)15-13-5-11-4-12(7-13)8-14(15)6-11/h10-15,17H,2-9H2,1H3. The third kappa shape index (κ3) is 1.93. The first-order valence-electron chi connectivity index (χ1n) is 8.23. The van der Waals surface area contributed by atoms with Gasteiger partial charge in [0.2, 0.25) is 5.91 Å². The number of hydrogen-bond donors (Lipinski definition) is 1. The first kappa shape index (κ1) is 12.2. The zero-order valence-corrected chi connectivity index (χ0v) is 12.0. The van der Waals surface area contributed by atoms with Crippen LogP contribution in [0, 0.1) is 29.6 Å². The molecule has 19 heavy (non-hydrogen) atoms. The molecule has 106 valence electrons. The van der Waals surface area contributed by atoms with Crippen LogP contribution in [0.4, 0.5) is 0 Å². The van der Waals surface area contributed by atoms with Gasteiger partial charge in [-0.3, -0.25) is 4.79 Å². The van der Waals surface area contributed by atoms with E-state index in [4.69, 9.17) is 0 Å². The predicted molar refractivity (Wildman–Crippen MR) is 74.6 cm³/mol. The highest BCUT2D eigenvalue weighted by Gasteiger charge is 2.51. The van der Waals surface area contributed by atoms with Crippen LogP contribution in [0.15, 0.2) is 0 Å². The van der Waals surface area contributed by atoms with Gasteiger partial charge in [-0.25, -0.2) is 0 Å². The molecule has 3 nitrogen and oxygen atoms in total. The SMILES string of the molecule is CC1CNCCN(C2C3CC4CC(C3)CC2C4)C1=O. The highest BCUT2D eigenvalue weighted by atomic mass is 16.2. The van der Waals surface area contributed by atoms with E-state index in [1.807, 2.05) is 0 Å². The first-order valence-corrected chi connectivity index (χ1v) is 8.23. The first-order chi connectivity index (χ1) is 9.22. The Morgan fingerprint density at radius 3 is 2.32 bits per heavy atom. The van der Waals surface area contributed by atoms with Gasteiger partial charge in [-0.15, -0.1) is 0 Å². The number of amides is 1. The van der Waals surface area contributed by atoms with Crippen molar-refractivity contribution in [1.29, 1.82) is 0 Å². The van der Waals surface area contributed by atoms with E-state index in [9.17, 15) is 4.79 Å². The van der Waals surface area contributed by atoms with Gasteiger partial charge in [0, 0.05) is 31.6 Å². The van der Waals surface area contributed by atoms with E-state index in [0.717, 1.165) is 43.3 Å². The van der Waals surface area contributed by atoms with Crippen LogP contribution in [0.2, 0.25) is 0 Å². The Morgan fingerprint density at radius 2 is 1.68 bits per heavy atom. The summed E-state index contributed by atoms with van der Waals surface area (Å²) in [6.07, 6.45) is 7.12. The van der Waals surface area contributed by atoms with Crippen molar-refractivity contribution in [3.8, 4) is 0 Å². The molecule has 3 heteroatoms. The molecule has 5 fully saturated rings. The van der Waals surface area contributed by atoms with Crippen LogP contribution in [0.3, 0.4) is 0 Å². The number of carbonyl (C=O) groups excluding carboxylic acids is 1. The monoisotopic (exact) mass is 262 g/mol. The minimum Gasteiger partial charge on any atom is -0.338 e. The Morgan fingerprint density at radius 1 is 1.05 bits per heavy atom.